The van der Waals surface area contributed by atoms with Crippen molar-refractivity contribution in [3.05, 3.63) is 70.4 Å². The molecule has 0 aliphatic carbocycles. The molecule has 2 heterocycles. The SMILES string of the molecule is O=c1[nH]c2ccccc2cc1CNC[C@@H](O)c1ccco1. The molecule has 3 aromatic rings. The van der Waals surface area contributed by atoms with Crippen LogP contribution in [0.3, 0.4) is 0 Å². The first-order valence-electron chi connectivity index (χ1n) is 6.77. The number of furan rings is 1. The van der Waals surface area contributed by atoms with Gasteiger partial charge in [0.05, 0.1) is 6.26 Å². The first-order chi connectivity index (χ1) is 10.2. The molecule has 1 aromatic carbocycles. The van der Waals surface area contributed by atoms with Crippen LogP contribution < -0.4 is 10.9 Å². The van der Waals surface area contributed by atoms with Crippen molar-refractivity contribution in [3.8, 4) is 0 Å². The lowest BCUT2D eigenvalue weighted by atomic mass is 10.1. The van der Waals surface area contributed by atoms with E-state index < -0.39 is 6.10 Å². The Morgan fingerprint density at radius 3 is 2.90 bits per heavy atom. The number of para-hydroxylation sites is 1. The Bertz CT molecular complexity index is 778. The fraction of sp³-hybridized carbons (Fsp3) is 0.188. The smallest absolute Gasteiger partial charge is 0.252 e. The van der Waals surface area contributed by atoms with E-state index in [-0.39, 0.29) is 5.56 Å². The van der Waals surface area contributed by atoms with Gasteiger partial charge in [-0.15, -0.1) is 0 Å². The third kappa shape index (κ3) is 3.04. The van der Waals surface area contributed by atoms with Gasteiger partial charge in [0.15, 0.2) is 0 Å². The molecule has 0 spiro atoms. The minimum Gasteiger partial charge on any atom is -0.467 e. The number of hydrogen-bond donors (Lipinski definition) is 3. The van der Waals surface area contributed by atoms with Crippen LogP contribution in [0.1, 0.15) is 17.4 Å². The number of aromatic amines is 1. The van der Waals surface area contributed by atoms with Crippen LogP contribution in [0.15, 0.2) is 57.9 Å². The average Bonchev–Trinajstić information content (AvgIpc) is 3.02. The highest BCUT2D eigenvalue weighted by atomic mass is 16.4. The highest BCUT2D eigenvalue weighted by molar-refractivity contribution is 5.78. The number of fused-ring (bicyclic) bond motifs is 1. The molecule has 3 rings (SSSR count). The van der Waals surface area contributed by atoms with E-state index in [4.69, 9.17) is 4.42 Å². The summed E-state index contributed by atoms with van der Waals surface area (Å²) >= 11 is 0. The lowest BCUT2D eigenvalue weighted by molar-refractivity contribution is 0.147. The van der Waals surface area contributed by atoms with E-state index in [0.29, 0.717) is 24.4 Å². The van der Waals surface area contributed by atoms with E-state index in [2.05, 4.69) is 10.3 Å². The molecule has 0 saturated heterocycles. The van der Waals surface area contributed by atoms with Gasteiger partial charge in [-0.3, -0.25) is 4.79 Å². The number of aromatic nitrogens is 1. The van der Waals surface area contributed by atoms with Gasteiger partial charge >= 0.3 is 0 Å². The molecule has 0 unspecified atom stereocenters. The Hall–Kier alpha value is -2.37. The van der Waals surface area contributed by atoms with Crippen LogP contribution in [-0.4, -0.2) is 16.6 Å². The Labute approximate surface area is 121 Å². The standard InChI is InChI=1S/C16H16N2O3/c19-14(15-6-3-7-21-15)10-17-9-12-8-11-4-1-2-5-13(11)18-16(12)20/h1-8,14,17,19H,9-10H2,(H,18,20)/t14-/m1/s1. The fourth-order valence-electron chi connectivity index (χ4n) is 2.25. The number of H-pyrrole nitrogens is 1. The number of aliphatic hydroxyl groups is 1. The summed E-state index contributed by atoms with van der Waals surface area (Å²) in [5.41, 5.74) is 1.34. The summed E-state index contributed by atoms with van der Waals surface area (Å²) in [5.74, 6) is 0.509. The normalized spacial score (nSPS) is 12.6. The number of benzene rings is 1. The second-order valence-corrected chi connectivity index (χ2v) is 4.87. The second-order valence-electron chi connectivity index (χ2n) is 4.87. The third-order valence-corrected chi connectivity index (χ3v) is 3.36. The molecule has 2 aromatic heterocycles. The van der Waals surface area contributed by atoms with Crippen molar-refractivity contribution in [1.82, 2.24) is 10.3 Å². The quantitative estimate of drug-likeness (QED) is 0.669. The number of hydrogen-bond acceptors (Lipinski definition) is 4. The van der Waals surface area contributed by atoms with Crippen LogP contribution in [0, 0.1) is 0 Å². The largest absolute Gasteiger partial charge is 0.467 e. The van der Waals surface area contributed by atoms with Crippen molar-refractivity contribution in [3.63, 3.8) is 0 Å². The summed E-state index contributed by atoms with van der Waals surface area (Å²) in [6, 6.07) is 12.9. The van der Waals surface area contributed by atoms with E-state index in [0.717, 1.165) is 10.9 Å². The molecule has 108 valence electrons. The molecule has 0 amide bonds. The Balaban J connectivity index is 1.68. The van der Waals surface area contributed by atoms with Crippen molar-refractivity contribution < 1.29 is 9.52 Å². The van der Waals surface area contributed by atoms with Crippen molar-refractivity contribution in [2.45, 2.75) is 12.6 Å². The molecule has 21 heavy (non-hydrogen) atoms. The molecular formula is C16H16N2O3. The van der Waals surface area contributed by atoms with Crippen molar-refractivity contribution in [2.75, 3.05) is 6.54 Å². The van der Waals surface area contributed by atoms with Gasteiger partial charge in [0.1, 0.15) is 11.9 Å². The molecule has 0 bridgehead atoms. The van der Waals surface area contributed by atoms with Gasteiger partial charge < -0.3 is 19.8 Å². The first-order valence-corrected chi connectivity index (χ1v) is 6.77. The van der Waals surface area contributed by atoms with Crippen molar-refractivity contribution in [1.29, 1.82) is 0 Å². The maximum absolute atomic E-state index is 12.0. The summed E-state index contributed by atoms with van der Waals surface area (Å²) in [7, 11) is 0. The lowest BCUT2D eigenvalue weighted by Crippen LogP contribution is -2.25. The minimum atomic E-state index is -0.723. The molecule has 0 fully saturated rings. The zero-order valence-electron chi connectivity index (χ0n) is 11.4. The van der Waals surface area contributed by atoms with Gasteiger partial charge in [-0.2, -0.15) is 0 Å². The Kier molecular flexibility index (Phi) is 3.85. The van der Waals surface area contributed by atoms with E-state index in [1.54, 1.807) is 12.1 Å². The molecule has 0 saturated carbocycles. The molecule has 0 aliphatic heterocycles. The van der Waals surface area contributed by atoms with E-state index >= 15 is 0 Å². The van der Waals surface area contributed by atoms with Crippen LogP contribution in [0.2, 0.25) is 0 Å². The minimum absolute atomic E-state index is 0.117. The Morgan fingerprint density at radius 2 is 2.10 bits per heavy atom. The summed E-state index contributed by atoms with van der Waals surface area (Å²) in [6.07, 6.45) is 0.798. The van der Waals surface area contributed by atoms with E-state index in [1.165, 1.54) is 6.26 Å². The van der Waals surface area contributed by atoms with Crippen LogP contribution >= 0.6 is 0 Å². The number of rotatable bonds is 5. The fourth-order valence-corrected chi connectivity index (χ4v) is 2.25. The predicted molar refractivity (Wildman–Crippen MR) is 79.9 cm³/mol. The van der Waals surface area contributed by atoms with Crippen molar-refractivity contribution >= 4 is 10.9 Å². The maximum Gasteiger partial charge on any atom is 0.252 e. The molecule has 3 N–H and O–H groups in total. The summed E-state index contributed by atoms with van der Waals surface area (Å²) in [6.45, 7) is 0.706. The van der Waals surface area contributed by atoms with Crippen LogP contribution in [0.4, 0.5) is 0 Å². The molecule has 5 heteroatoms. The van der Waals surface area contributed by atoms with Gasteiger partial charge in [0.2, 0.25) is 0 Å². The molecule has 1 atom stereocenters. The first kappa shape index (κ1) is 13.6. The zero-order chi connectivity index (χ0) is 14.7. The molecular weight excluding hydrogens is 268 g/mol. The Morgan fingerprint density at radius 1 is 1.24 bits per heavy atom. The van der Waals surface area contributed by atoms with Gasteiger partial charge in [-0.05, 0) is 29.7 Å². The van der Waals surface area contributed by atoms with Crippen LogP contribution in [0.5, 0.6) is 0 Å². The van der Waals surface area contributed by atoms with E-state index in [1.807, 2.05) is 30.3 Å². The number of nitrogens with one attached hydrogen (secondary N) is 2. The molecule has 5 nitrogen and oxygen atoms in total. The van der Waals surface area contributed by atoms with Gasteiger partial charge in [-0.1, -0.05) is 18.2 Å². The summed E-state index contributed by atoms with van der Waals surface area (Å²) in [4.78, 5) is 14.8. The van der Waals surface area contributed by atoms with Gasteiger partial charge in [0.25, 0.3) is 5.56 Å². The maximum atomic E-state index is 12.0. The zero-order valence-corrected chi connectivity index (χ0v) is 11.4. The summed E-state index contributed by atoms with van der Waals surface area (Å²) in [5, 5.41) is 13.9. The van der Waals surface area contributed by atoms with Gasteiger partial charge in [0, 0.05) is 24.2 Å². The highest BCUT2D eigenvalue weighted by Crippen LogP contribution is 2.12. The average molecular weight is 284 g/mol. The third-order valence-electron chi connectivity index (χ3n) is 3.36. The molecule has 0 aliphatic rings. The topological polar surface area (TPSA) is 78.3 Å². The van der Waals surface area contributed by atoms with E-state index in [9.17, 15) is 9.90 Å². The monoisotopic (exact) mass is 284 g/mol. The van der Waals surface area contributed by atoms with Crippen LogP contribution in [-0.2, 0) is 6.54 Å². The van der Waals surface area contributed by atoms with Crippen LogP contribution in [0.25, 0.3) is 10.9 Å². The van der Waals surface area contributed by atoms with Gasteiger partial charge in [-0.25, -0.2) is 0 Å². The molecule has 0 radical (unpaired) electrons. The number of pyridine rings is 1. The predicted octanol–water partition coefficient (Wildman–Crippen LogP) is 1.94. The summed E-state index contributed by atoms with van der Waals surface area (Å²) < 4.78 is 5.12. The van der Waals surface area contributed by atoms with Crippen molar-refractivity contribution in [2.24, 2.45) is 0 Å². The highest BCUT2D eigenvalue weighted by Gasteiger charge is 2.10. The second kappa shape index (κ2) is 5.95. The number of aliphatic hydroxyl groups excluding tert-OH is 1. The lowest BCUT2D eigenvalue weighted by Gasteiger charge is -2.09.